The summed E-state index contributed by atoms with van der Waals surface area (Å²) >= 11 is 0. The first-order chi connectivity index (χ1) is 7.28. The van der Waals surface area contributed by atoms with E-state index in [9.17, 15) is 4.39 Å². The van der Waals surface area contributed by atoms with Crippen LogP contribution in [-0.2, 0) is 10.2 Å². The lowest BCUT2D eigenvalue weighted by Gasteiger charge is -2.41. The van der Waals surface area contributed by atoms with Gasteiger partial charge in [0.05, 0.1) is 19.3 Å². The van der Waals surface area contributed by atoms with Gasteiger partial charge in [0, 0.05) is 11.8 Å². The van der Waals surface area contributed by atoms with Gasteiger partial charge in [-0.1, -0.05) is 18.2 Å². The first kappa shape index (κ1) is 10.1. The average molecular weight is 205 g/mol. The van der Waals surface area contributed by atoms with Gasteiger partial charge in [-0.3, -0.25) is 0 Å². The highest BCUT2D eigenvalue weighted by atomic mass is 19.1. The molecule has 0 N–H and O–H groups in total. The zero-order valence-corrected chi connectivity index (χ0v) is 8.37. The number of halogens is 1. The van der Waals surface area contributed by atoms with E-state index in [0.717, 1.165) is 0 Å². The Morgan fingerprint density at radius 1 is 1.40 bits per heavy atom. The fourth-order valence-electron chi connectivity index (χ4n) is 1.97. The normalized spacial score (nSPS) is 17.9. The molecule has 0 radical (unpaired) electrons. The van der Waals surface area contributed by atoms with E-state index in [1.807, 2.05) is 6.07 Å². The predicted molar refractivity (Wildman–Crippen MR) is 53.7 cm³/mol. The molecule has 1 aromatic carbocycles. The molecule has 15 heavy (non-hydrogen) atoms. The second-order valence-electron chi connectivity index (χ2n) is 3.91. The Morgan fingerprint density at radius 2 is 2.13 bits per heavy atom. The maximum absolute atomic E-state index is 13.6. The number of hydrogen-bond donors (Lipinski definition) is 0. The van der Waals surface area contributed by atoms with Crippen molar-refractivity contribution in [3.8, 4) is 6.07 Å². The molecule has 0 unspecified atom stereocenters. The van der Waals surface area contributed by atoms with Crippen LogP contribution in [0.4, 0.5) is 4.39 Å². The number of nitriles is 1. The third-order valence-electron chi connectivity index (χ3n) is 2.92. The number of ether oxygens (including phenoxy) is 1. The van der Waals surface area contributed by atoms with Gasteiger partial charge < -0.3 is 4.74 Å². The zero-order chi connectivity index (χ0) is 10.7. The summed E-state index contributed by atoms with van der Waals surface area (Å²) in [6.45, 7) is 1.05. The third-order valence-corrected chi connectivity index (χ3v) is 2.92. The summed E-state index contributed by atoms with van der Waals surface area (Å²) in [5, 5.41) is 8.58. The lowest BCUT2D eigenvalue weighted by molar-refractivity contribution is -0.0652. The van der Waals surface area contributed by atoms with E-state index in [1.165, 1.54) is 6.07 Å². The molecular weight excluding hydrogens is 193 g/mol. The maximum atomic E-state index is 13.6. The molecule has 0 saturated carbocycles. The van der Waals surface area contributed by atoms with Crippen LogP contribution in [0.3, 0.4) is 0 Å². The molecule has 0 spiro atoms. The van der Waals surface area contributed by atoms with Crippen molar-refractivity contribution in [2.24, 2.45) is 0 Å². The fraction of sp³-hybridized carbons (Fsp3) is 0.417. The van der Waals surface area contributed by atoms with Crippen LogP contribution in [0.2, 0.25) is 0 Å². The van der Waals surface area contributed by atoms with Crippen LogP contribution in [0.5, 0.6) is 0 Å². The van der Waals surface area contributed by atoms with Crippen molar-refractivity contribution in [1.29, 1.82) is 5.26 Å². The van der Waals surface area contributed by atoms with Crippen molar-refractivity contribution in [3.63, 3.8) is 0 Å². The van der Waals surface area contributed by atoms with Crippen LogP contribution in [0.15, 0.2) is 24.3 Å². The molecule has 1 fully saturated rings. The predicted octanol–water partition coefficient (Wildman–Crippen LogP) is 2.40. The molecule has 0 bridgehead atoms. The SMILES string of the molecule is N#CCCC1(c2ccccc2F)COC1. The number of nitrogens with zero attached hydrogens (tertiary/aromatic N) is 1. The molecule has 3 heteroatoms. The van der Waals surface area contributed by atoms with Gasteiger partial charge in [0.25, 0.3) is 0 Å². The second-order valence-corrected chi connectivity index (χ2v) is 3.91. The Hall–Kier alpha value is -1.40. The molecule has 1 heterocycles. The van der Waals surface area contributed by atoms with Crippen molar-refractivity contribution < 1.29 is 9.13 Å². The molecule has 78 valence electrons. The van der Waals surface area contributed by atoms with Crippen molar-refractivity contribution in [2.75, 3.05) is 13.2 Å². The lowest BCUT2D eigenvalue weighted by Crippen LogP contribution is -2.47. The summed E-state index contributed by atoms with van der Waals surface area (Å²) in [5.41, 5.74) is 0.424. The number of rotatable bonds is 3. The third kappa shape index (κ3) is 1.73. The van der Waals surface area contributed by atoms with E-state index in [4.69, 9.17) is 10.00 Å². The summed E-state index contributed by atoms with van der Waals surface area (Å²) in [7, 11) is 0. The zero-order valence-electron chi connectivity index (χ0n) is 8.37. The fourth-order valence-corrected chi connectivity index (χ4v) is 1.97. The Labute approximate surface area is 88.3 Å². The topological polar surface area (TPSA) is 33.0 Å². The van der Waals surface area contributed by atoms with Gasteiger partial charge in [0.1, 0.15) is 5.82 Å². The Morgan fingerprint density at radius 3 is 2.67 bits per heavy atom. The van der Waals surface area contributed by atoms with E-state index in [2.05, 4.69) is 6.07 Å². The minimum absolute atomic E-state index is 0.196. The molecule has 1 aliphatic rings. The second kappa shape index (κ2) is 4.00. The summed E-state index contributed by atoms with van der Waals surface area (Å²) in [6, 6.07) is 8.85. The van der Waals surface area contributed by atoms with E-state index in [0.29, 0.717) is 31.6 Å². The van der Waals surface area contributed by atoms with E-state index in [-0.39, 0.29) is 11.2 Å². The van der Waals surface area contributed by atoms with Crippen molar-refractivity contribution in [1.82, 2.24) is 0 Å². The molecule has 1 aromatic rings. The quantitative estimate of drug-likeness (QED) is 0.759. The van der Waals surface area contributed by atoms with Crippen LogP contribution in [0.25, 0.3) is 0 Å². The molecule has 2 rings (SSSR count). The monoisotopic (exact) mass is 205 g/mol. The van der Waals surface area contributed by atoms with Gasteiger partial charge in [-0.05, 0) is 18.1 Å². The summed E-state index contributed by atoms with van der Waals surface area (Å²) in [5.74, 6) is -0.196. The van der Waals surface area contributed by atoms with Crippen LogP contribution in [0.1, 0.15) is 18.4 Å². The summed E-state index contributed by atoms with van der Waals surface area (Å²) in [4.78, 5) is 0. The highest BCUT2D eigenvalue weighted by molar-refractivity contribution is 5.29. The van der Waals surface area contributed by atoms with Gasteiger partial charge in [-0.2, -0.15) is 5.26 Å². The molecule has 0 aliphatic carbocycles. The average Bonchev–Trinajstić information content (AvgIpc) is 2.19. The van der Waals surface area contributed by atoms with Gasteiger partial charge in [-0.15, -0.1) is 0 Å². The Bertz CT molecular complexity index is 393. The summed E-state index contributed by atoms with van der Waals surface area (Å²) < 4.78 is 18.8. The minimum atomic E-state index is -0.263. The molecule has 0 aromatic heterocycles. The van der Waals surface area contributed by atoms with Crippen LogP contribution < -0.4 is 0 Å². The smallest absolute Gasteiger partial charge is 0.127 e. The van der Waals surface area contributed by atoms with Crippen LogP contribution in [-0.4, -0.2) is 13.2 Å². The van der Waals surface area contributed by atoms with Crippen molar-refractivity contribution >= 4 is 0 Å². The molecule has 1 aliphatic heterocycles. The highest BCUT2D eigenvalue weighted by Gasteiger charge is 2.41. The van der Waals surface area contributed by atoms with Crippen molar-refractivity contribution in [2.45, 2.75) is 18.3 Å². The van der Waals surface area contributed by atoms with Gasteiger partial charge >= 0.3 is 0 Å². The van der Waals surface area contributed by atoms with E-state index >= 15 is 0 Å². The Kier molecular flexibility index (Phi) is 2.70. The van der Waals surface area contributed by atoms with Gasteiger partial charge in [0.15, 0.2) is 0 Å². The highest BCUT2D eigenvalue weighted by Crippen LogP contribution is 2.37. The molecule has 1 saturated heterocycles. The van der Waals surface area contributed by atoms with Crippen LogP contribution in [0, 0.1) is 17.1 Å². The first-order valence-electron chi connectivity index (χ1n) is 4.98. The standard InChI is InChI=1S/C12H12FNO/c13-11-5-2-1-4-10(11)12(6-3-7-14)8-15-9-12/h1-2,4-5H,3,6,8-9H2. The molecule has 0 atom stereocenters. The van der Waals surface area contributed by atoms with Crippen LogP contribution >= 0.6 is 0 Å². The molecule has 0 amide bonds. The van der Waals surface area contributed by atoms with E-state index < -0.39 is 0 Å². The van der Waals surface area contributed by atoms with Gasteiger partial charge in [-0.25, -0.2) is 4.39 Å². The first-order valence-corrected chi connectivity index (χ1v) is 4.98. The largest absolute Gasteiger partial charge is 0.379 e. The van der Waals surface area contributed by atoms with Gasteiger partial charge in [0.2, 0.25) is 0 Å². The number of hydrogen-bond acceptors (Lipinski definition) is 2. The minimum Gasteiger partial charge on any atom is -0.379 e. The molecular formula is C12H12FNO. The molecule has 2 nitrogen and oxygen atoms in total. The lowest BCUT2D eigenvalue weighted by atomic mass is 9.75. The van der Waals surface area contributed by atoms with Crippen molar-refractivity contribution in [3.05, 3.63) is 35.6 Å². The Balaban J connectivity index is 2.27. The number of benzene rings is 1. The maximum Gasteiger partial charge on any atom is 0.127 e. The summed E-state index contributed by atoms with van der Waals surface area (Å²) in [6.07, 6.45) is 1.11. The van der Waals surface area contributed by atoms with E-state index in [1.54, 1.807) is 12.1 Å².